The van der Waals surface area contributed by atoms with Gasteiger partial charge in [-0.05, 0) is 36.2 Å². The minimum atomic E-state index is 1.07. The molecule has 0 fully saturated rings. The van der Waals surface area contributed by atoms with E-state index >= 15 is 0 Å². The summed E-state index contributed by atoms with van der Waals surface area (Å²) in [4.78, 5) is 4.52. The molecule has 0 saturated carbocycles. The van der Waals surface area contributed by atoms with Gasteiger partial charge in [0.2, 0.25) is 5.69 Å². The van der Waals surface area contributed by atoms with Gasteiger partial charge in [-0.1, -0.05) is 30.3 Å². The van der Waals surface area contributed by atoms with Crippen molar-refractivity contribution in [1.29, 1.82) is 0 Å². The third kappa shape index (κ3) is 1.97. The Morgan fingerprint density at radius 1 is 0.950 bits per heavy atom. The van der Waals surface area contributed by atoms with Crippen LogP contribution >= 0.6 is 0 Å². The highest BCUT2D eigenvalue weighted by molar-refractivity contribution is 5.88. The van der Waals surface area contributed by atoms with Crippen molar-refractivity contribution in [3.05, 3.63) is 59.5 Å². The van der Waals surface area contributed by atoms with Crippen LogP contribution in [0.1, 0.15) is 17.0 Å². The molecule has 0 saturated heterocycles. The van der Waals surface area contributed by atoms with Gasteiger partial charge in [-0.25, -0.2) is 4.98 Å². The van der Waals surface area contributed by atoms with Crippen LogP contribution in [0.25, 0.3) is 22.0 Å². The molecule has 100 valence electrons. The zero-order chi connectivity index (χ0) is 14.3. The van der Waals surface area contributed by atoms with Crippen LogP contribution in [0, 0.1) is 20.8 Å². The average Bonchev–Trinajstić information content (AvgIpc) is 2.44. The number of hydrogen-bond donors (Lipinski definition) is 0. The summed E-state index contributed by atoms with van der Waals surface area (Å²) in [6.07, 6.45) is 1.93. The van der Waals surface area contributed by atoms with Crippen molar-refractivity contribution in [3.63, 3.8) is 0 Å². The lowest BCUT2D eigenvalue weighted by atomic mass is 9.98. The summed E-state index contributed by atoms with van der Waals surface area (Å²) in [7, 11) is 2.11. The maximum absolute atomic E-state index is 4.52. The van der Waals surface area contributed by atoms with E-state index in [9.17, 15) is 0 Å². The van der Waals surface area contributed by atoms with E-state index in [-0.39, 0.29) is 0 Å². The van der Waals surface area contributed by atoms with Gasteiger partial charge in [0, 0.05) is 6.92 Å². The molecule has 2 aromatic carbocycles. The van der Waals surface area contributed by atoms with Gasteiger partial charge < -0.3 is 0 Å². The van der Waals surface area contributed by atoms with Crippen LogP contribution in [0.3, 0.4) is 0 Å². The maximum atomic E-state index is 4.52. The molecule has 0 aliphatic carbocycles. The summed E-state index contributed by atoms with van der Waals surface area (Å²) in [5.74, 6) is 0. The predicted octanol–water partition coefficient (Wildman–Crippen LogP) is 3.65. The van der Waals surface area contributed by atoms with E-state index in [2.05, 4.69) is 73.8 Å². The molecule has 0 atom stereocenters. The monoisotopic (exact) mass is 263 g/mol. The number of fused-ring (bicyclic) bond motifs is 1. The molecule has 1 aromatic heterocycles. The first-order valence-corrected chi connectivity index (χ1v) is 6.90. The number of rotatable bonds is 1. The molecule has 1 heterocycles. The van der Waals surface area contributed by atoms with Gasteiger partial charge in [-0.15, -0.1) is 0 Å². The minimum absolute atomic E-state index is 1.07. The molecule has 0 spiro atoms. The van der Waals surface area contributed by atoms with E-state index in [1.165, 1.54) is 27.6 Å². The molecule has 2 nitrogen and oxygen atoms in total. The Bertz CT molecular complexity index is 804. The van der Waals surface area contributed by atoms with Crippen LogP contribution in [0.4, 0.5) is 0 Å². The number of aryl methyl sites for hydroxylation is 3. The Morgan fingerprint density at radius 3 is 2.30 bits per heavy atom. The highest BCUT2D eigenvalue weighted by atomic mass is 15.0. The van der Waals surface area contributed by atoms with E-state index < -0.39 is 0 Å². The lowest BCUT2D eigenvalue weighted by molar-refractivity contribution is -0.667. The van der Waals surface area contributed by atoms with E-state index in [1.807, 2.05) is 6.20 Å². The topological polar surface area (TPSA) is 16.8 Å². The standard InChI is InChI=1S/C18H19N2/c1-12-9-15-7-5-6-8-16(15)10-17(12)18-14(3)19-11-13(2)20(18)4/h5-11H,1-4H3/q+1. The van der Waals surface area contributed by atoms with Gasteiger partial charge in [0.25, 0.3) is 0 Å². The third-order valence-corrected chi connectivity index (χ3v) is 4.00. The molecule has 0 bridgehead atoms. The molecule has 20 heavy (non-hydrogen) atoms. The molecule has 0 radical (unpaired) electrons. The lowest BCUT2D eigenvalue weighted by Gasteiger charge is -2.09. The number of hydrogen-bond acceptors (Lipinski definition) is 1. The zero-order valence-electron chi connectivity index (χ0n) is 12.4. The predicted molar refractivity (Wildman–Crippen MR) is 82.6 cm³/mol. The number of benzene rings is 2. The van der Waals surface area contributed by atoms with Crippen LogP contribution in [0.2, 0.25) is 0 Å². The molecular formula is C18H19N2+. The van der Waals surface area contributed by atoms with Gasteiger partial charge in [0.05, 0.1) is 11.8 Å². The normalized spacial score (nSPS) is 11.0. The molecular weight excluding hydrogens is 244 g/mol. The molecule has 3 aromatic rings. The Balaban J connectivity index is 2.35. The van der Waals surface area contributed by atoms with Crippen molar-refractivity contribution in [3.8, 4) is 11.3 Å². The lowest BCUT2D eigenvalue weighted by Crippen LogP contribution is -2.36. The second kappa shape index (κ2) is 4.71. The van der Waals surface area contributed by atoms with Crippen LogP contribution in [0.5, 0.6) is 0 Å². The molecule has 0 unspecified atom stereocenters. The fourth-order valence-electron chi connectivity index (χ4n) is 2.74. The summed E-state index contributed by atoms with van der Waals surface area (Å²) in [6, 6.07) is 13.0. The summed E-state index contributed by atoms with van der Waals surface area (Å²) in [6.45, 7) is 6.33. The van der Waals surface area contributed by atoms with Crippen molar-refractivity contribution in [2.75, 3.05) is 0 Å². The highest BCUT2D eigenvalue weighted by Crippen LogP contribution is 2.27. The molecule has 2 heteroatoms. The van der Waals surface area contributed by atoms with Gasteiger partial charge in [-0.3, -0.25) is 0 Å². The average molecular weight is 263 g/mol. The second-order valence-electron chi connectivity index (χ2n) is 5.41. The second-order valence-corrected chi connectivity index (χ2v) is 5.41. The summed E-state index contributed by atoms with van der Waals surface area (Å²) < 4.78 is 2.22. The van der Waals surface area contributed by atoms with E-state index in [0.29, 0.717) is 0 Å². The van der Waals surface area contributed by atoms with Gasteiger partial charge in [0.15, 0.2) is 5.69 Å². The Morgan fingerprint density at radius 2 is 1.60 bits per heavy atom. The first-order valence-electron chi connectivity index (χ1n) is 6.90. The van der Waals surface area contributed by atoms with Crippen molar-refractivity contribution in [2.45, 2.75) is 20.8 Å². The zero-order valence-corrected chi connectivity index (χ0v) is 12.4. The molecule has 0 amide bonds. The highest BCUT2D eigenvalue weighted by Gasteiger charge is 2.19. The smallest absolute Gasteiger partial charge is 0.234 e. The van der Waals surface area contributed by atoms with Gasteiger partial charge >= 0.3 is 0 Å². The van der Waals surface area contributed by atoms with E-state index in [1.54, 1.807) is 0 Å². The molecule has 3 rings (SSSR count). The van der Waals surface area contributed by atoms with Gasteiger partial charge in [-0.2, -0.15) is 4.57 Å². The van der Waals surface area contributed by atoms with Crippen molar-refractivity contribution < 1.29 is 4.57 Å². The molecule has 0 N–H and O–H groups in total. The number of aromatic nitrogens is 2. The number of nitrogens with zero attached hydrogens (tertiary/aromatic N) is 2. The summed E-state index contributed by atoms with van der Waals surface area (Å²) >= 11 is 0. The third-order valence-electron chi connectivity index (χ3n) is 4.00. The maximum Gasteiger partial charge on any atom is 0.234 e. The molecule has 0 aliphatic rings. The Labute approximate surface area is 119 Å². The summed E-state index contributed by atoms with van der Waals surface area (Å²) in [5, 5.41) is 2.56. The van der Waals surface area contributed by atoms with Crippen molar-refractivity contribution in [2.24, 2.45) is 7.05 Å². The fourth-order valence-corrected chi connectivity index (χ4v) is 2.74. The van der Waals surface area contributed by atoms with Crippen LogP contribution in [-0.2, 0) is 7.05 Å². The quantitative estimate of drug-likeness (QED) is 0.612. The van der Waals surface area contributed by atoms with Gasteiger partial charge in [0.1, 0.15) is 12.7 Å². The summed E-state index contributed by atoms with van der Waals surface area (Å²) in [5.41, 5.74) is 5.98. The first-order chi connectivity index (χ1) is 9.58. The SMILES string of the molecule is Cc1cc2ccccc2cc1-c1c(C)ncc(C)[n+]1C. The van der Waals surface area contributed by atoms with E-state index in [4.69, 9.17) is 0 Å². The Hall–Kier alpha value is -2.22. The first kappa shape index (κ1) is 12.8. The van der Waals surface area contributed by atoms with E-state index in [0.717, 1.165) is 11.4 Å². The van der Waals surface area contributed by atoms with Crippen molar-refractivity contribution >= 4 is 10.8 Å². The van der Waals surface area contributed by atoms with Crippen LogP contribution in [0.15, 0.2) is 42.6 Å². The fraction of sp³-hybridized carbons (Fsp3) is 0.222. The minimum Gasteiger partial charge on any atom is -0.248 e. The molecule has 0 aliphatic heterocycles. The van der Waals surface area contributed by atoms with Crippen molar-refractivity contribution in [1.82, 2.24) is 4.98 Å². The van der Waals surface area contributed by atoms with Crippen LogP contribution in [-0.4, -0.2) is 4.98 Å². The Kier molecular flexibility index (Phi) is 3.01. The largest absolute Gasteiger partial charge is 0.248 e. The van der Waals surface area contributed by atoms with Crippen LogP contribution < -0.4 is 4.57 Å².